The van der Waals surface area contributed by atoms with Crippen LogP contribution in [0.15, 0.2) is 35.4 Å². The van der Waals surface area contributed by atoms with E-state index >= 15 is 0 Å². The lowest BCUT2D eigenvalue weighted by atomic mass is 9.96. The fourth-order valence-electron chi connectivity index (χ4n) is 2.11. The fraction of sp³-hybridized carbons (Fsp3) is 0.214. The summed E-state index contributed by atoms with van der Waals surface area (Å²) in [4.78, 5) is 25.2. The standard InChI is InChI=1S/C14H14ClN5O2/c1-14(22,8-3-2-4-9(15)5-8)6-16-13-19-11-10(12(21)20-13)17-7-18-11/h2-5,7,22H,6H2,1H3,(H3,16,17,18,19,20,21). The van der Waals surface area contributed by atoms with E-state index in [2.05, 4.69) is 25.3 Å². The lowest BCUT2D eigenvalue weighted by Crippen LogP contribution is -2.31. The average Bonchev–Trinajstić information content (AvgIpc) is 2.94. The van der Waals surface area contributed by atoms with E-state index in [-0.39, 0.29) is 18.1 Å². The lowest BCUT2D eigenvalue weighted by molar-refractivity contribution is 0.0713. The van der Waals surface area contributed by atoms with Gasteiger partial charge < -0.3 is 15.4 Å². The van der Waals surface area contributed by atoms with Gasteiger partial charge in [0.15, 0.2) is 11.2 Å². The minimum atomic E-state index is -1.18. The average molecular weight is 320 g/mol. The van der Waals surface area contributed by atoms with Crippen molar-refractivity contribution in [2.45, 2.75) is 12.5 Å². The van der Waals surface area contributed by atoms with E-state index in [1.165, 1.54) is 6.33 Å². The van der Waals surface area contributed by atoms with Gasteiger partial charge in [-0.15, -0.1) is 0 Å². The molecule has 22 heavy (non-hydrogen) atoms. The molecule has 7 nitrogen and oxygen atoms in total. The van der Waals surface area contributed by atoms with Crippen molar-refractivity contribution >= 4 is 28.7 Å². The molecule has 0 saturated carbocycles. The molecule has 0 saturated heterocycles. The van der Waals surface area contributed by atoms with Crippen molar-refractivity contribution in [3.63, 3.8) is 0 Å². The zero-order chi connectivity index (χ0) is 15.7. The number of benzene rings is 1. The number of hydrogen-bond donors (Lipinski definition) is 4. The van der Waals surface area contributed by atoms with Gasteiger partial charge in [-0.3, -0.25) is 9.78 Å². The summed E-state index contributed by atoms with van der Waals surface area (Å²) in [6.45, 7) is 1.79. The number of nitrogens with zero attached hydrogens (tertiary/aromatic N) is 2. The highest BCUT2D eigenvalue weighted by atomic mass is 35.5. The molecule has 0 radical (unpaired) electrons. The molecule has 1 unspecified atom stereocenters. The topological polar surface area (TPSA) is 107 Å². The molecule has 4 N–H and O–H groups in total. The number of rotatable bonds is 4. The number of imidazole rings is 1. The largest absolute Gasteiger partial charge is 0.384 e. The maximum absolute atomic E-state index is 11.8. The number of halogens is 1. The van der Waals surface area contributed by atoms with Gasteiger partial charge in [0, 0.05) is 5.02 Å². The third kappa shape index (κ3) is 2.81. The summed E-state index contributed by atoms with van der Waals surface area (Å²) in [5, 5.41) is 14.0. The smallest absolute Gasteiger partial charge is 0.278 e. The fourth-order valence-corrected chi connectivity index (χ4v) is 2.30. The van der Waals surface area contributed by atoms with Crippen LogP contribution in [0.4, 0.5) is 5.95 Å². The molecule has 0 aliphatic heterocycles. The highest BCUT2D eigenvalue weighted by Crippen LogP contribution is 2.23. The van der Waals surface area contributed by atoms with Gasteiger partial charge >= 0.3 is 0 Å². The number of fused-ring (bicyclic) bond motifs is 1. The van der Waals surface area contributed by atoms with Crippen LogP contribution < -0.4 is 10.9 Å². The zero-order valence-corrected chi connectivity index (χ0v) is 12.5. The van der Waals surface area contributed by atoms with Crippen LogP contribution in [0.25, 0.3) is 11.2 Å². The van der Waals surface area contributed by atoms with Crippen molar-refractivity contribution in [3.05, 3.63) is 51.5 Å². The van der Waals surface area contributed by atoms with E-state index in [0.717, 1.165) is 0 Å². The van der Waals surface area contributed by atoms with Crippen LogP contribution in [0.3, 0.4) is 0 Å². The van der Waals surface area contributed by atoms with Crippen molar-refractivity contribution in [3.8, 4) is 0 Å². The van der Waals surface area contributed by atoms with Crippen LogP contribution in [-0.2, 0) is 5.60 Å². The molecular weight excluding hydrogens is 306 g/mol. The Bertz CT molecular complexity index is 871. The van der Waals surface area contributed by atoms with Crippen LogP contribution >= 0.6 is 11.6 Å². The van der Waals surface area contributed by atoms with Gasteiger partial charge in [-0.1, -0.05) is 23.7 Å². The predicted molar refractivity (Wildman–Crippen MR) is 84.0 cm³/mol. The highest BCUT2D eigenvalue weighted by Gasteiger charge is 2.23. The monoisotopic (exact) mass is 319 g/mol. The molecule has 1 atom stereocenters. The van der Waals surface area contributed by atoms with Crippen LogP contribution in [0.5, 0.6) is 0 Å². The Balaban J connectivity index is 1.82. The molecule has 2 heterocycles. The Kier molecular flexibility index (Phi) is 3.59. The van der Waals surface area contributed by atoms with Crippen LogP contribution in [0.1, 0.15) is 12.5 Å². The number of hydrogen-bond acceptors (Lipinski definition) is 5. The SMILES string of the molecule is CC(O)(CNc1nc2nc[nH]c2c(=O)[nH]1)c1cccc(Cl)c1. The second-order valence-corrected chi connectivity index (χ2v) is 5.59. The Morgan fingerprint density at radius 1 is 1.45 bits per heavy atom. The van der Waals surface area contributed by atoms with Crippen molar-refractivity contribution in [1.82, 2.24) is 19.9 Å². The number of anilines is 1. The van der Waals surface area contributed by atoms with Gasteiger partial charge in [-0.25, -0.2) is 4.98 Å². The number of aromatic nitrogens is 4. The van der Waals surface area contributed by atoms with E-state index in [9.17, 15) is 9.90 Å². The predicted octanol–water partition coefficient (Wildman–Crippen LogP) is 1.62. The third-order valence-corrected chi connectivity index (χ3v) is 3.58. The van der Waals surface area contributed by atoms with Gasteiger partial charge in [0.25, 0.3) is 5.56 Å². The zero-order valence-electron chi connectivity index (χ0n) is 11.7. The number of H-pyrrole nitrogens is 2. The first kappa shape index (κ1) is 14.6. The first-order chi connectivity index (χ1) is 10.5. The minimum Gasteiger partial charge on any atom is -0.384 e. The summed E-state index contributed by atoms with van der Waals surface area (Å²) in [7, 11) is 0. The number of aliphatic hydroxyl groups is 1. The first-order valence-corrected chi connectivity index (χ1v) is 6.99. The van der Waals surface area contributed by atoms with Gasteiger partial charge in [-0.2, -0.15) is 4.98 Å². The Morgan fingerprint density at radius 2 is 2.27 bits per heavy atom. The van der Waals surface area contributed by atoms with Gasteiger partial charge in [0.1, 0.15) is 5.60 Å². The molecular formula is C14H14ClN5O2. The Hall–Kier alpha value is -2.38. The Labute approximate surface area is 130 Å². The summed E-state index contributed by atoms with van der Waals surface area (Å²) in [5.41, 5.74) is -0.215. The summed E-state index contributed by atoms with van der Waals surface area (Å²) in [6, 6.07) is 6.97. The molecule has 0 fully saturated rings. The van der Waals surface area contributed by atoms with Crippen molar-refractivity contribution in [2.24, 2.45) is 0 Å². The molecule has 1 aromatic carbocycles. The van der Waals surface area contributed by atoms with E-state index in [0.29, 0.717) is 21.7 Å². The lowest BCUT2D eigenvalue weighted by Gasteiger charge is -2.24. The van der Waals surface area contributed by atoms with Crippen molar-refractivity contribution < 1.29 is 5.11 Å². The van der Waals surface area contributed by atoms with Crippen LogP contribution in [-0.4, -0.2) is 31.6 Å². The molecule has 2 aromatic heterocycles. The molecule has 0 amide bonds. The maximum Gasteiger partial charge on any atom is 0.278 e. The second-order valence-electron chi connectivity index (χ2n) is 5.15. The summed E-state index contributed by atoms with van der Waals surface area (Å²) in [5.74, 6) is 0.243. The number of nitrogens with one attached hydrogen (secondary N) is 3. The van der Waals surface area contributed by atoms with Crippen molar-refractivity contribution in [1.29, 1.82) is 0 Å². The van der Waals surface area contributed by atoms with Crippen molar-refractivity contribution in [2.75, 3.05) is 11.9 Å². The number of aromatic amines is 2. The van der Waals surface area contributed by atoms with Crippen LogP contribution in [0.2, 0.25) is 5.02 Å². The minimum absolute atomic E-state index is 0.145. The molecule has 0 aliphatic carbocycles. The second kappa shape index (κ2) is 5.43. The molecule has 3 aromatic rings. The Morgan fingerprint density at radius 3 is 3.05 bits per heavy atom. The summed E-state index contributed by atoms with van der Waals surface area (Å²) < 4.78 is 0. The van der Waals surface area contributed by atoms with Crippen LogP contribution in [0, 0.1) is 0 Å². The van der Waals surface area contributed by atoms with Gasteiger partial charge in [0.05, 0.1) is 12.9 Å². The maximum atomic E-state index is 11.8. The molecule has 0 spiro atoms. The van der Waals surface area contributed by atoms with Gasteiger partial charge in [0.2, 0.25) is 5.95 Å². The molecule has 0 bridgehead atoms. The molecule has 8 heteroatoms. The first-order valence-electron chi connectivity index (χ1n) is 6.61. The molecule has 114 valence electrons. The summed E-state index contributed by atoms with van der Waals surface area (Å²) >= 11 is 5.94. The van der Waals surface area contributed by atoms with E-state index in [4.69, 9.17) is 11.6 Å². The third-order valence-electron chi connectivity index (χ3n) is 3.34. The quantitative estimate of drug-likeness (QED) is 0.584. The van der Waals surface area contributed by atoms with E-state index in [1.807, 2.05) is 0 Å². The molecule has 3 rings (SSSR count). The van der Waals surface area contributed by atoms with E-state index < -0.39 is 5.60 Å². The van der Waals surface area contributed by atoms with E-state index in [1.54, 1.807) is 31.2 Å². The summed E-state index contributed by atoms with van der Waals surface area (Å²) in [6.07, 6.45) is 1.40. The highest BCUT2D eigenvalue weighted by molar-refractivity contribution is 6.30. The molecule has 0 aliphatic rings. The van der Waals surface area contributed by atoms with Gasteiger partial charge in [-0.05, 0) is 24.6 Å². The normalized spacial score (nSPS) is 14.0.